The maximum absolute atomic E-state index is 12.1. The van der Waals surface area contributed by atoms with Gasteiger partial charge in [-0.1, -0.05) is 29.5 Å². The Morgan fingerprint density at radius 1 is 1.35 bits per heavy atom. The molecular weight excluding hydrogens is 274 g/mol. The second kappa shape index (κ2) is 5.38. The summed E-state index contributed by atoms with van der Waals surface area (Å²) in [5, 5.41) is 12.9. The average Bonchev–Trinajstić information content (AvgIpc) is 3.06. The van der Waals surface area contributed by atoms with Gasteiger partial charge < -0.3 is 4.90 Å². The number of anilines is 1. The molecule has 0 radical (unpaired) electrons. The van der Waals surface area contributed by atoms with Crippen LogP contribution in [0.5, 0.6) is 0 Å². The number of carbonyl (C=O) groups is 1. The van der Waals surface area contributed by atoms with E-state index in [1.54, 1.807) is 22.8 Å². The summed E-state index contributed by atoms with van der Waals surface area (Å²) in [5.74, 6) is 0.0714. The van der Waals surface area contributed by atoms with Gasteiger partial charge in [-0.3, -0.25) is 4.79 Å². The fourth-order valence-corrected chi connectivity index (χ4v) is 2.69. The van der Waals surface area contributed by atoms with Crippen LogP contribution < -0.4 is 4.90 Å². The highest BCUT2D eigenvalue weighted by molar-refractivity contribution is 7.16. The summed E-state index contributed by atoms with van der Waals surface area (Å²) in [6.07, 6.45) is 2.60. The largest absolute Gasteiger partial charge is 0.315 e. The molecule has 0 aliphatic heterocycles. The molecule has 0 fully saturated rings. The lowest BCUT2D eigenvalue weighted by atomic mass is 10.2. The molecule has 7 heteroatoms. The van der Waals surface area contributed by atoms with Crippen molar-refractivity contribution in [2.24, 2.45) is 0 Å². The average molecular weight is 287 g/mol. The Balaban J connectivity index is 1.63. The van der Waals surface area contributed by atoms with Crippen LogP contribution in [0.4, 0.5) is 5.69 Å². The number of rotatable bonds is 4. The second-order valence-electron chi connectivity index (χ2n) is 4.34. The maximum atomic E-state index is 12.1. The van der Waals surface area contributed by atoms with E-state index in [2.05, 4.69) is 15.3 Å². The predicted molar refractivity (Wildman–Crippen MR) is 76.8 cm³/mol. The Hall–Kier alpha value is -2.28. The smallest absolute Gasteiger partial charge is 0.234 e. The molecule has 0 unspecified atom stereocenters. The first-order valence-corrected chi connectivity index (χ1v) is 7.03. The van der Waals surface area contributed by atoms with Crippen molar-refractivity contribution in [2.75, 3.05) is 11.9 Å². The Labute approximate surface area is 119 Å². The molecule has 1 amide bonds. The quantitative estimate of drug-likeness (QED) is 0.734. The molecule has 0 aliphatic carbocycles. The van der Waals surface area contributed by atoms with Crippen molar-refractivity contribution in [3.63, 3.8) is 0 Å². The van der Waals surface area contributed by atoms with Gasteiger partial charge in [0, 0.05) is 25.6 Å². The minimum absolute atomic E-state index is 0.0714. The maximum Gasteiger partial charge on any atom is 0.234 e. The van der Waals surface area contributed by atoms with E-state index in [9.17, 15) is 4.79 Å². The summed E-state index contributed by atoms with van der Waals surface area (Å²) in [6, 6.07) is 9.60. The molecule has 3 rings (SSSR count). The first-order valence-electron chi connectivity index (χ1n) is 6.21. The third-order valence-corrected chi connectivity index (χ3v) is 3.97. The van der Waals surface area contributed by atoms with E-state index in [0.29, 0.717) is 12.8 Å². The van der Waals surface area contributed by atoms with E-state index in [1.165, 1.54) is 11.3 Å². The van der Waals surface area contributed by atoms with Gasteiger partial charge in [-0.2, -0.15) is 9.61 Å². The van der Waals surface area contributed by atoms with E-state index in [-0.39, 0.29) is 5.91 Å². The van der Waals surface area contributed by atoms with Gasteiger partial charge in [0.15, 0.2) is 0 Å². The monoisotopic (exact) mass is 287 g/mol. The Morgan fingerprint density at radius 2 is 2.15 bits per heavy atom. The lowest BCUT2D eigenvalue weighted by Gasteiger charge is -2.16. The standard InChI is InChI=1S/C13H13N5OS/c1-17(10-5-3-2-4-6-10)12(19)8-7-11-16-18-9-14-15-13(18)20-11/h2-6,9H,7-8H2,1H3. The predicted octanol–water partition coefficient (Wildman–Crippen LogP) is 1.78. The topological polar surface area (TPSA) is 63.4 Å². The molecule has 0 atom stereocenters. The molecule has 2 heterocycles. The molecule has 1 aromatic carbocycles. The number of nitrogens with zero attached hydrogens (tertiary/aromatic N) is 5. The number of aromatic nitrogens is 4. The summed E-state index contributed by atoms with van der Waals surface area (Å²) in [4.78, 5) is 14.6. The van der Waals surface area contributed by atoms with Crippen molar-refractivity contribution in [3.05, 3.63) is 41.7 Å². The number of hydrogen-bond donors (Lipinski definition) is 0. The highest BCUT2D eigenvalue weighted by Gasteiger charge is 2.12. The van der Waals surface area contributed by atoms with E-state index in [0.717, 1.165) is 15.7 Å². The highest BCUT2D eigenvalue weighted by Crippen LogP contribution is 2.16. The third-order valence-electron chi connectivity index (χ3n) is 3.00. The summed E-state index contributed by atoms with van der Waals surface area (Å²) < 4.78 is 1.63. The number of hydrogen-bond acceptors (Lipinski definition) is 5. The molecule has 6 nitrogen and oxygen atoms in total. The second-order valence-corrected chi connectivity index (χ2v) is 5.38. The van der Waals surface area contributed by atoms with E-state index in [1.807, 2.05) is 30.3 Å². The molecule has 0 saturated heterocycles. The van der Waals surface area contributed by atoms with Gasteiger partial charge in [-0.25, -0.2) is 0 Å². The molecule has 102 valence electrons. The zero-order valence-electron chi connectivity index (χ0n) is 10.9. The van der Waals surface area contributed by atoms with Crippen LogP contribution in [0, 0.1) is 0 Å². The molecule has 2 aromatic heterocycles. The van der Waals surface area contributed by atoms with Crippen molar-refractivity contribution in [1.29, 1.82) is 0 Å². The number of para-hydroxylation sites is 1. The lowest BCUT2D eigenvalue weighted by molar-refractivity contribution is -0.118. The number of aryl methyl sites for hydroxylation is 1. The van der Waals surface area contributed by atoms with Crippen LogP contribution in [0.25, 0.3) is 4.96 Å². The number of carbonyl (C=O) groups excluding carboxylic acids is 1. The van der Waals surface area contributed by atoms with Crippen LogP contribution in [-0.4, -0.2) is 32.8 Å². The SMILES string of the molecule is CN(C(=O)CCc1nn2cnnc2s1)c1ccccc1. The zero-order chi connectivity index (χ0) is 13.9. The van der Waals surface area contributed by atoms with Gasteiger partial charge in [0.1, 0.15) is 11.3 Å². The van der Waals surface area contributed by atoms with E-state index < -0.39 is 0 Å². The fraction of sp³-hybridized carbons (Fsp3) is 0.231. The fourth-order valence-electron chi connectivity index (χ4n) is 1.88. The molecular formula is C13H13N5OS. The van der Waals surface area contributed by atoms with Crippen LogP contribution in [0.3, 0.4) is 0 Å². The molecule has 0 N–H and O–H groups in total. The van der Waals surface area contributed by atoms with E-state index in [4.69, 9.17) is 0 Å². The Bertz CT molecular complexity index is 692. The van der Waals surface area contributed by atoms with Crippen LogP contribution in [-0.2, 0) is 11.2 Å². The molecule has 3 aromatic rings. The summed E-state index contributed by atoms with van der Waals surface area (Å²) >= 11 is 1.46. The van der Waals surface area contributed by atoms with Crippen LogP contribution in [0.2, 0.25) is 0 Å². The molecule has 0 spiro atoms. The molecule has 0 aliphatic rings. The highest BCUT2D eigenvalue weighted by atomic mass is 32.1. The van der Waals surface area contributed by atoms with Crippen molar-refractivity contribution in [1.82, 2.24) is 19.8 Å². The number of fused-ring (bicyclic) bond motifs is 1. The van der Waals surface area contributed by atoms with Gasteiger partial charge in [0.2, 0.25) is 10.9 Å². The normalized spacial score (nSPS) is 10.8. The van der Waals surface area contributed by atoms with Gasteiger partial charge in [0.05, 0.1) is 0 Å². The number of benzene rings is 1. The van der Waals surface area contributed by atoms with Crippen molar-refractivity contribution >= 4 is 27.9 Å². The van der Waals surface area contributed by atoms with Crippen molar-refractivity contribution in [3.8, 4) is 0 Å². The molecule has 0 saturated carbocycles. The van der Waals surface area contributed by atoms with Crippen LogP contribution in [0.15, 0.2) is 36.7 Å². The van der Waals surface area contributed by atoms with Crippen LogP contribution >= 0.6 is 11.3 Å². The summed E-state index contributed by atoms with van der Waals surface area (Å²) in [6.45, 7) is 0. The minimum atomic E-state index is 0.0714. The van der Waals surface area contributed by atoms with Gasteiger partial charge >= 0.3 is 0 Å². The van der Waals surface area contributed by atoms with Gasteiger partial charge in [-0.15, -0.1) is 10.2 Å². The lowest BCUT2D eigenvalue weighted by Crippen LogP contribution is -2.26. The molecule has 0 bridgehead atoms. The van der Waals surface area contributed by atoms with Crippen molar-refractivity contribution < 1.29 is 4.79 Å². The zero-order valence-corrected chi connectivity index (χ0v) is 11.7. The summed E-state index contributed by atoms with van der Waals surface area (Å²) in [5.41, 5.74) is 0.899. The van der Waals surface area contributed by atoms with E-state index >= 15 is 0 Å². The van der Waals surface area contributed by atoms with Crippen LogP contribution in [0.1, 0.15) is 11.4 Å². The minimum Gasteiger partial charge on any atom is -0.315 e. The third kappa shape index (κ3) is 2.53. The molecule has 20 heavy (non-hydrogen) atoms. The van der Waals surface area contributed by atoms with Gasteiger partial charge in [-0.05, 0) is 12.1 Å². The first kappa shape index (κ1) is 12.7. The Morgan fingerprint density at radius 3 is 2.90 bits per heavy atom. The number of amides is 1. The van der Waals surface area contributed by atoms with Crippen molar-refractivity contribution in [2.45, 2.75) is 12.8 Å². The Kier molecular flexibility index (Phi) is 3.42. The first-order chi connectivity index (χ1) is 9.74. The van der Waals surface area contributed by atoms with Gasteiger partial charge in [0.25, 0.3) is 0 Å². The summed E-state index contributed by atoms with van der Waals surface area (Å²) in [7, 11) is 1.79.